The van der Waals surface area contributed by atoms with Crippen LogP contribution in [0, 0.1) is 0 Å². The van der Waals surface area contributed by atoms with E-state index in [9.17, 15) is 4.79 Å². The first kappa shape index (κ1) is 19.9. The molecule has 144 valence electrons. The van der Waals surface area contributed by atoms with Gasteiger partial charge < -0.3 is 9.84 Å². The van der Waals surface area contributed by atoms with Crippen molar-refractivity contribution in [2.45, 2.75) is 0 Å². The third kappa shape index (κ3) is 5.09. The molecule has 3 aromatic rings. The van der Waals surface area contributed by atoms with Crippen molar-refractivity contribution >= 4 is 22.9 Å². The van der Waals surface area contributed by atoms with Crippen LogP contribution in [0.25, 0.3) is 16.7 Å². The zero-order valence-corrected chi connectivity index (χ0v) is 16.8. The first-order valence-corrected chi connectivity index (χ1v) is 9.89. The van der Waals surface area contributed by atoms with Gasteiger partial charge >= 0.3 is 5.97 Å². The molecule has 0 radical (unpaired) electrons. The summed E-state index contributed by atoms with van der Waals surface area (Å²) in [5, 5.41) is 13.1. The Balaban J connectivity index is 1.87. The minimum atomic E-state index is -0.823. The summed E-state index contributed by atoms with van der Waals surface area (Å²) in [5.41, 5.74) is 5.58. The molecule has 0 saturated carbocycles. The highest BCUT2D eigenvalue weighted by molar-refractivity contribution is 7.08. The molecule has 0 amide bonds. The molecular formula is C23H23NO3S. The number of benzene rings is 2. The van der Waals surface area contributed by atoms with Gasteiger partial charge in [0, 0.05) is 6.54 Å². The molecule has 0 bridgehead atoms. The van der Waals surface area contributed by atoms with Crippen LogP contribution >= 0.6 is 11.3 Å². The van der Waals surface area contributed by atoms with Crippen molar-refractivity contribution in [1.29, 1.82) is 0 Å². The highest BCUT2D eigenvalue weighted by atomic mass is 32.1. The second-order valence-corrected chi connectivity index (χ2v) is 7.31. The van der Waals surface area contributed by atoms with Gasteiger partial charge in [-0.05, 0) is 63.8 Å². The summed E-state index contributed by atoms with van der Waals surface area (Å²) in [4.78, 5) is 12.7. The van der Waals surface area contributed by atoms with Gasteiger partial charge in [-0.2, -0.15) is 11.3 Å². The topological polar surface area (TPSA) is 49.8 Å². The number of carbonyl (C=O) groups is 1. The van der Waals surface area contributed by atoms with Crippen LogP contribution in [0.1, 0.15) is 11.1 Å². The van der Waals surface area contributed by atoms with E-state index in [2.05, 4.69) is 53.2 Å². The summed E-state index contributed by atoms with van der Waals surface area (Å²) < 4.78 is 5.31. The van der Waals surface area contributed by atoms with Gasteiger partial charge in [0.15, 0.2) is 0 Å². The molecule has 1 heterocycles. The van der Waals surface area contributed by atoms with Crippen molar-refractivity contribution in [2.24, 2.45) is 0 Å². The Bertz CT molecular complexity index is 946. The smallest absolute Gasteiger partial charge is 0.317 e. The maximum Gasteiger partial charge on any atom is 0.317 e. The third-order valence-corrected chi connectivity index (χ3v) is 5.13. The average Bonchev–Trinajstić information content (AvgIpc) is 3.22. The summed E-state index contributed by atoms with van der Waals surface area (Å²) >= 11 is 1.65. The Labute approximate surface area is 169 Å². The van der Waals surface area contributed by atoms with Gasteiger partial charge in [0.05, 0.1) is 13.7 Å². The number of rotatable bonds is 8. The number of hydrogen-bond donors (Lipinski definition) is 1. The molecule has 0 fully saturated rings. The van der Waals surface area contributed by atoms with E-state index in [4.69, 9.17) is 9.84 Å². The van der Waals surface area contributed by atoms with Crippen LogP contribution in [0.2, 0.25) is 0 Å². The SMILES string of the molecule is COc1cccc(-c2ccc(/C(=C/CN(C)CC(=O)O)c3ccsc3)cc2)c1. The summed E-state index contributed by atoms with van der Waals surface area (Å²) in [6.07, 6.45) is 2.09. The molecule has 1 aromatic heterocycles. The van der Waals surface area contributed by atoms with E-state index in [0.29, 0.717) is 6.54 Å². The molecular weight excluding hydrogens is 370 g/mol. The van der Waals surface area contributed by atoms with E-state index < -0.39 is 5.97 Å². The molecule has 3 rings (SSSR count). The molecule has 1 N–H and O–H groups in total. The predicted molar refractivity (Wildman–Crippen MR) is 115 cm³/mol. The van der Waals surface area contributed by atoms with E-state index >= 15 is 0 Å². The zero-order valence-electron chi connectivity index (χ0n) is 16.0. The molecule has 0 spiro atoms. The lowest BCUT2D eigenvalue weighted by Crippen LogP contribution is -2.25. The molecule has 2 aromatic carbocycles. The Kier molecular flexibility index (Phi) is 6.63. The van der Waals surface area contributed by atoms with Crippen LogP contribution < -0.4 is 4.74 Å². The van der Waals surface area contributed by atoms with Crippen molar-refractivity contribution in [3.8, 4) is 16.9 Å². The molecule has 4 nitrogen and oxygen atoms in total. The summed E-state index contributed by atoms with van der Waals surface area (Å²) in [5.74, 6) is 0.0116. The monoisotopic (exact) mass is 393 g/mol. The van der Waals surface area contributed by atoms with Gasteiger partial charge in [0.25, 0.3) is 0 Å². The quantitative estimate of drug-likeness (QED) is 0.593. The summed E-state index contributed by atoms with van der Waals surface area (Å²) in [7, 11) is 3.48. The Morgan fingerprint density at radius 2 is 1.89 bits per heavy atom. The van der Waals surface area contributed by atoms with Crippen LogP contribution in [0.3, 0.4) is 0 Å². The first-order valence-electron chi connectivity index (χ1n) is 8.95. The first-order chi connectivity index (χ1) is 13.6. The largest absolute Gasteiger partial charge is 0.497 e. The summed E-state index contributed by atoms with van der Waals surface area (Å²) in [6.45, 7) is 0.581. The molecule has 0 saturated heterocycles. The number of likely N-dealkylation sites (N-methyl/N-ethyl adjacent to an activating group) is 1. The molecule has 0 aliphatic rings. The Morgan fingerprint density at radius 3 is 2.54 bits per heavy atom. The average molecular weight is 394 g/mol. The predicted octanol–water partition coefficient (Wildman–Crippen LogP) is 4.87. The number of carboxylic acids is 1. The molecule has 0 unspecified atom stereocenters. The fraction of sp³-hybridized carbons (Fsp3) is 0.174. The summed E-state index contributed by atoms with van der Waals surface area (Å²) in [6, 6.07) is 18.5. The molecule has 0 aliphatic carbocycles. The van der Waals surface area contributed by atoms with Crippen LogP contribution in [0.5, 0.6) is 5.75 Å². The lowest BCUT2D eigenvalue weighted by molar-refractivity contribution is -0.137. The van der Waals surface area contributed by atoms with Crippen LogP contribution in [0.15, 0.2) is 71.4 Å². The number of thiophene rings is 1. The Morgan fingerprint density at radius 1 is 1.11 bits per heavy atom. The Hall–Kier alpha value is -2.89. The van der Waals surface area contributed by atoms with Crippen LogP contribution in [-0.4, -0.2) is 43.2 Å². The minimum Gasteiger partial charge on any atom is -0.497 e. The maximum absolute atomic E-state index is 10.9. The second-order valence-electron chi connectivity index (χ2n) is 6.53. The lowest BCUT2D eigenvalue weighted by Gasteiger charge is -2.14. The van der Waals surface area contributed by atoms with Gasteiger partial charge in [0.2, 0.25) is 0 Å². The van der Waals surface area contributed by atoms with Crippen molar-refractivity contribution in [3.63, 3.8) is 0 Å². The highest BCUT2D eigenvalue weighted by Crippen LogP contribution is 2.29. The number of aliphatic carboxylic acids is 1. The molecule has 0 aliphatic heterocycles. The fourth-order valence-electron chi connectivity index (χ4n) is 3.01. The zero-order chi connectivity index (χ0) is 19.9. The fourth-order valence-corrected chi connectivity index (χ4v) is 3.66. The standard InChI is InChI=1S/C23H23NO3S/c1-24(15-23(25)26)12-10-22(20-11-13-28-16-20)18-8-6-17(7-9-18)19-4-3-5-21(14-19)27-2/h3-11,13-14,16H,12,15H2,1-2H3,(H,25,26)/b22-10-. The van der Waals surface area contributed by atoms with E-state index in [1.807, 2.05) is 25.2 Å². The molecule has 28 heavy (non-hydrogen) atoms. The number of ether oxygens (including phenoxy) is 1. The van der Waals surface area contributed by atoms with Crippen LogP contribution in [-0.2, 0) is 4.79 Å². The maximum atomic E-state index is 10.9. The van der Waals surface area contributed by atoms with E-state index in [1.165, 1.54) is 0 Å². The van der Waals surface area contributed by atoms with Crippen molar-refractivity contribution in [3.05, 3.63) is 82.6 Å². The lowest BCUT2D eigenvalue weighted by atomic mass is 9.97. The number of carboxylic acid groups (broad SMARTS) is 1. The molecule has 0 atom stereocenters. The van der Waals surface area contributed by atoms with Gasteiger partial charge in [-0.25, -0.2) is 0 Å². The van der Waals surface area contributed by atoms with Gasteiger partial charge in [-0.3, -0.25) is 9.69 Å². The van der Waals surface area contributed by atoms with Gasteiger partial charge in [0.1, 0.15) is 5.75 Å². The number of hydrogen-bond acceptors (Lipinski definition) is 4. The van der Waals surface area contributed by atoms with E-state index in [0.717, 1.165) is 33.6 Å². The normalized spacial score (nSPS) is 11.6. The minimum absolute atomic E-state index is 0.0161. The third-order valence-electron chi connectivity index (χ3n) is 4.44. The van der Waals surface area contributed by atoms with Gasteiger partial charge in [-0.15, -0.1) is 0 Å². The molecule has 5 heteroatoms. The highest BCUT2D eigenvalue weighted by Gasteiger charge is 2.09. The van der Waals surface area contributed by atoms with Crippen molar-refractivity contribution in [1.82, 2.24) is 4.90 Å². The van der Waals surface area contributed by atoms with Gasteiger partial charge in [-0.1, -0.05) is 42.5 Å². The van der Waals surface area contributed by atoms with E-state index in [1.54, 1.807) is 23.3 Å². The second kappa shape index (κ2) is 9.35. The van der Waals surface area contributed by atoms with Crippen molar-refractivity contribution in [2.75, 3.05) is 27.2 Å². The number of nitrogens with zero attached hydrogens (tertiary/aromatic N) is 1. The number of methoxy groups -OCH3 is 1. The van der Waals surface area contributed by atoms with Crippen LogP contribution in [0.4, 0.5) is 0 Å². The van der Waals surface area contributed by atoms with E-state index in [-0.39, 0.29) is 6.54 Å². The van der Waals surface area contributed by atoms with Crippen molar-refractivity contribution < 1.29 is 14.6 Å².